The number of carbonyl (C=O) groups is 2. The number of amidine groups is 1. The third-order valence-electron chi connectivity index (χ3n) is 5.41. The molecule has 0 bridgehead atoms. The predicted molar refractivity (Wildman–Crippen MR) is 116 cm³/mol. The van der Waals surface area contributed by atoms with Crippen LogP contribution in [-0.4, -0.2) is 31.2 Å². The van der Waals surface area contributed by atoms with Crippen LogP contribution in [0.5, 0.6) is 0 Å². The van der Waals surface area contributed by atoms with Crippen LogP contribution >= 0.6 is 0 Å². The number of nitrogens with one attached hydrogen (secondary N) is 1. The van der Waals surface area contributed by atoms with E-state index in [9.17, 15) is 9.59 Å². The zero-order valence-corrected chi connectivity index (χ0v) is 17.0. The molecule has 0 aliphatic carbocycles. The van der Waals surface area contributed by atoms with Crippen molar-refractivity contribution in [1.29, 1.82) is 0 Å². The number of nitrogens with zero attached hydrogens (tertiary/aromatic N) is 2. The first-order chi connectivity index (χ1) is 14.0. The molecule has 3 rings (SSSR count). The molecule has 2 aromatic rings. The van der Waals surface area contributed by atoms with Gasteiger partial charge in [0, 0.05) is 30.8 Å². The number of hydrogen-bond acceptors (Lipinski definition) is 3. The molecule has 1 unspecified atom stereocenters. The molecule has 1 atom stereocenters. The standard InChI is InChI=1S/C23H28N4O2/c1-3-17-11-12-18-8-4-5-10-20(18)27(23(17)29)15-21(28)26-14-16-7-6-9-19(13-16)22(24)25-2/h4-10,13,17H,3,11-12,14-15H2,1-2H3,(H2,24,25)(H,26,28). The molecule has 3 N–H and O–H groups in total. The number of nitrogens with two attached hydrogens (primary N) is 1. The van der Waals surface area contributed by atoms with Crippen molar-refractivity contribution in [2.45, 2.75) is 32.7 Å². The molecule has 1 aliphatic rings. The van der Waals surface area contributed by atoms with Crippen molar-refractivity contribution in [3.63, 3.8) is 0 Å². The van der Waals surface area contributed by atoms with Crippen LogP contribution in [0.1, 0.15) is 36.5 Å². The first kappa shape index (κ1) is 20.6. The van der Waals surface area contributed by atoms with E-state index in [-0.39, 0.29) is 24.3 Å². The molecule has 0 spiro atoms. The smallest absolute Gasteiger partial charge is 0.240 e. The van der Waals surface area contributed by atoms with Crippen LogP contribution in [0.15, 0.2) is 53.5 Å². The van der Waals surface area contributed by atoms with Gasteiger partial charge in [0.1, 0.15) is 12.4 Å². The predicted octanol–water partition coefficient (Wildman–Crippen LogP) is 2.64. The van der Waals surface area contributed by atoms with E-state index in [4.69, 9.17) is 5.73 Å². The van der Waals surface area contributed by atoms with Crippen molar-refractivity contribution in [2.75, 3.05) is 18.5 Å². The lowest BCUT2D eigenvalue weighted by atomic mass is 9.98. The number of amides is 2. The molecular formula is C23H28N4O2. The highest BCUT2D eigenvalue weighted by atomic mass is 16.2. The van der Waals surface area contributed by atoms with Gasteiger partial charge in [0.25, 0.3) is 0 Å². The van der Waals surface area contributed by atoms with E-state index in [0.717, 1.165) is 41.6 Å². The van der Waals surface area contributed by atoms with Gasteiger partial charge in [0.15, 0.2) is 0 Å². The maximum Gasteiger partial charge on any atom is 0.240 e. The van der Waals surface area contributed by atoms with Crippen LogP contribution in [0.25, 0.3) is 0 Å². The molecule has 2 aromatic carbocycles. The number of fused-ring (bicyclic) bond motifs is 1. The Labute approximate surface area is 171 Å². The summed E-state index contributed by atoms with van der Waals surface area (Å²) in [6.45, 7) is 2.41. The summed E-state index contributed by atoms with van der Waals surface area (Å²) in [5.41, 5.74) is 9.57. The Morgan fingerprint density at radius 2 is 2.03 bits per heavy atom. The van der Waals surface area contributed by atoms with Crippen molar-refractivity contribution in [3.8, 4) is 0 Å². The molecule has 0 saturated heterocycles. The fourth-order valence-electron chi connectivity index (χ4n) is 3.69. The molecule has 2 amide bonds. The average molecular weight is 393 g/mol. The number of hydrogen-bond donors (Lipinski definition) is 2. The van der Waals surface area contributed by atoms with Gasteiger partial charge in [0.05, 0.1) is 0 Å². The number of anilines is 1. The Bertz CT molecular complexity index is 923. The number of carbonyl (C=O) groups excluding carboxylic acids is 2. The van der Waals surface area contributed by atoms with Gasteiger partial charge in [-0.15, -0.1) is 0 Å². The minimum Gasteiger partial charge on any atom is -0.384 e. The zero-order chi connectivity index (χ0) is 20.8. The van der Waals surface area contributed by atoms with Crippen LogP contribution < -0.4 is 16.0 Å². The third-order valence-corrected chi connectivity index (χ3v) is 5.41. The van der Waals surface area contributed by atoms with Gasteiger partial charge in [0.2, 0.25) is 11.8 Å². The molecule has 152 valence electrons. The lowest BCUT2D eigenvalue weighted by Gasteiger charge is -2.25. The summed E-state index contributed by atoms with van der Waals surface area (Å²) in [7, 11) is 1.64. The Morgan fingerprint density at radius 1 is 1.24 bits per heavy atom. The number of rotatable bonds is 6. The summed E-state index contributed by atoms with van der Waals surface area (Å²) in [6.07, 6.45) is 2.45. The van der Waals surface area contributed by atoms with Gasteiger partial charge in [-0.1, -0.05) is 43.3 Å². The summed E-state index contributed by atoms with van der Waals surface area (Å²) < 4.78 is 0. The van der Waals surface area contributed by atoms with Gasteiger partial charge in [-0.3, -0.25) is 14.6 Å². The minimum absolute atomic E-state index is 0.0184. The van der Waals surface area contributed by atoms with E-state index >= 15 is 0 Å². The maximum absolute atomic E-state index is 13.0. The van der Waals surface area contributed by atoms with Gasteiger partial charge in [-0.05, 0) is 42.5 Å². The highest BCUT2D eigenvalue weighted by Gasteiger charge is 2.30. The second kappa shape index (κ2) is 9.37. The number of aryl methyl sites for hydroxylation is 1. The maximum atomic E-state index is 13.0. The van der Waals surface area contributed by atoms with Gasteiger partial charge in [-0.2, -0.15) is 0 Å². The quantitative estimate of drug-likeness (QED) is 0.585. The molecular weight excluding hydrogens is 364 g/mol. The lowest BCUT2D eigenvalue weighted by molar-refractivity contribution is -0.126. The lowest BCUT2D eigenvalue weighted by Crippen LogP contribution is -2.42. The average Bonchev–Trinajstić information content (AvgIpc) is 2.88. The minimum atomic E-state index is -0.188. The molecule has 6 nitrogen and oxygen atoms in total. The summed E-state index contributed by atoms with van der Waals surface area (Å²) in [5, 5.41) is 2.92. The Balaban J connectivity index is 1.71. The third kappa shape index (κ3) is 4.83. The van der Waals surface area contributed by atoms with Crippen LogP contribution in [0.2, 0.25) is 0 Å². The van der Waals surface area contributed by atoms with Crippen LogP contribution in [0.4, 0.5) is 5.69 Å². The number of para-hydroxylation sites is 1. The van der Waals surface area contributed by atoms with Gasteiger partial charge < -0.3 is 16.0 Å². The summed E-state index contributed by atoms with van der Waals surface area (Å²) in [6, 6.07) is 15.4. The van der Waals surface area contributed by atoms with E-state index in [0.29, 0.717) is 12.4 Å². The second-order valence-electron chi connectivity index (χ2n) is 7.28. The normalized spacial score (nSPS) is 16.9. The Morgan fingerprint density at radius 3 is 2.79 bits per heavy atom. The van der Waals surface area contributed by atoms with Crippen molar-refractivity contribution < 1.29 is 9.59 Å². The van der Waals surface area contributed by atoms with Crippen molar-refractivity contribution in [2.24, 2.45) is 16.6 Å². The van der Waals surface area contributed by atoms with E-state index in [2.05, 4.69) is 10.3 Å². The van der Waals surface area contributed by atoms with Gasteiger partial charge >= 0.3 is 0 Å². The molecule has 0 fully saturated rings. The molecule has 0 saturated carbocycles. The monoisotopic (exact) mass is 392 g/mol. The summed E-state index contributed by atoms with van der Waals surface area (Å²) in [4.78, 5) is 31.3. The number of aliphatic imine (C=N–C) groups is 1. The molecule has 29 heavy (non-hydrogen) atoms. The summed E-state index contributed by atoms with van der Waals surface area (Å²) in [5.74, 6) is 0.243. The SMILES string of the molecule is CCC1CCc2ccccc2N(CC(=O)NCc2cccc(C(N)=NC)c2)C1=O. The number of benzene rings is 2. The van der Waals surface area contributed by atoms with E-state index < -0.39 is 0 Å². The molecule has 0 aromatic heterocycles. The van der Waals surface area contributed by atoms with Crippen LogP contribution in [0.3, 0.4) is 0 Å². The fourth-order valence-corrected chi connectivity index (χ4v) is 3.69. The highest BCUT2D eigenvalue weighted by molar-refractivity contribution is 6.01. The molecule has 0 radical (unpaired) electrons. The van der Waals surface area contributed by atoms with Crippen molar-refractivity contribution in [1.82, 2.24) is 5.32 Å². The van der Waals surface area contributed by atoms with Gasteiger partial charge in [-0.25, -0.2) is 0 Å². The van der Waals surface area contributed by atoms with E-state index in [1.165, 1.54) is 0 Å². The first-order valence-corrected chi connectivity index (χ1v) is 10.0. The van der Waals surface area contributed by atoms with Crippen molar-refractivity contribution in [3.05, 3.63) is 65.2 Å². The summed E-state index contributed by atoms with van der Waals surface area (Å²) >= 11 is 0. The Hall–Kier alpha value is -3.15. The van der Waals surface area contributed by atoms with Crippen molar-refractivity contribution >= 4 is 23.3 Å². The zero-order valence-electron chi connectivity index (χ0n) is 17.0. The van der Waals surface area contributed by atoms with E-state index in [1.54, 1.807) is 11.9 Å². The molecule has 1 heterocycles. The molecule has 6 heteroatoms. The van der Waals surface area contributed by atoms with E-state index in [1.807, 2.05) is 55.5 Å². The Kier molecular flexibility index (Phi) is 6.65. The van der Waals surface area contributed by atoms with Crippen LogP contribution in [0, 0.1) is 5.92 Å². The molecule has 1 aliphatic heterocycles. The van der Waals surface area contributed by atoms with Crippen LogP contribution in [-0.2, 0) is 22.6 Å². The topological polar surface area (TPSA) is 87.8 Å². The second-order valence-corrected chi connectivity index (χ2v) is 7.28. The first-order valence-electron chi connectivity index (χ1n) is 10.0. The largest absolute Gasteiger partial charge is 0.384 e. The fraction of sp³-hybridized carbons (Fsp3) is 0.348. The highest BCUT2D eigenvalue weighted by Crippen LogP contribution is 2.30.